The first kappa shape index (κ1) is 21.0. The summed E-state index contributed by atoms with van der Waals surface area (Å²) in [5, 5.41) is 0. The first-order valence-corrected chi connectivity index (χ1v) is 10.3. The fourth-order valence-electron chi connectivity index (χ4n) is 3.36. The molecular formula is C27H23N5. The molecule has 0 spiro atoms. The van der Waals surface area contributed by atoms with Crippen LogP contribution < -0.4 is 0 Å². The Bertz CT molecular complexity index is 1300. The number of rotatable bonds is 6. The molecule has 0 amide bonds. The predicted octanol–water partition coefficient (Wildman–Crippen LogP) is 6.03. The molecule has 0 radical (unpaired) electrons. The van der Waals surface area contributed by atoms with Gasteiger partial charge in [0.1, 0.15) is 0 Å². The number of hydrogen-bond acceptors (Lipinski definition) is 5. The highest BCUT2D eigenvalue weighted by atomic mass is 15.0. The predicted molar refractivity (Wildman–Crippen MR) is 130 cm³/mol. The fraction of sp³-hybridized carbons (Fsp3) is 0.0741. The normalized spacial score (nSPS) is 11.2. The van der Waals surface area contributed by atoms with Crippen LogP contribution in [-0.2, 0) is 0 Å². The van der Waals surface area contributed by atoms with Crippen molar-refractivity contribution in [3.8, 4) is 34.2 Å². The minimum absolute atomic E-state index is 0.539. The van der Waals surface area contributed by atoms with Crippen molar-refractivity contribution in [1.29, 1.82) is 0 Å². The Balaban J connectivity index is 1.88. The first-order chi connectivity index (χ1) is 15.6. The zero-order valence-electron chi connectivity index (χ0n) is 18.2. The molecule has 0 fully saturated rings. The van der Waals surface area contributed by atoms with Gasteiger partial charge in [-0.1, -0.05) is 79.9 Å². The molecule has 5 heteroatoms. The van der Waals surface area contributed by atoms with Crippen LogP contribution in [0.25, 0.3) is 39.7 Å². The molecule has 0 aliphatic carbocycles. The summed E-state index contributed by atoms with van der Waals surface area (Å²) < 4.78 is 0. The van der Waals surface area contributed by atoms with Gasteiger partial charge in [0.2, 0.25) is 0 Å². The van der Waals surface area contributed by atoms with Crippen molar-refractivity contribution < 1.29 is 0 Å². The van der Waals surface area contributed by atoms with E-state index in [0.717, 1.165) is 33.7 Å². The van der Waals surface area contributed by atoms with Gasteiger partial charge in [-0.2, -0.15) is 0 Å². The minimum Gasteiger partial charge on any atom is -0.233 e. The van der Waals surface area contributed by atoms with Crippen molar-refractivity contribution in [2.75, 3.05) is 0 Å². The Labute approximate surface area is 188 Å². The van der Waals surface area contributed by atoms with Gasteiger partial charge in [-0.15, -0.1) is 0 Å². The molecule has 156 valence electrons. The maximum absolute atomic E-state index is 4.77. The molecule has 0 saturated carbocycles. The summed E-state index contributed by atoms with van der Waals surface area (Å²) in [4.78, 5) is 23.4. The van der Waals surface area contributed by atoms with Crippen LogP contribution in [0, 0.1) is 13.8 Å². The molecule has 0 unspecified atom stereocenters. The molecule has 4 rings (SSSR count). The highest BCUT2D eigenvalue weighted by Crippen LogP contribution is 2.26. The minimum atomic E-state index is 0.539. The van der Waals surface area contributed by atoms with Gasteiger partial charge in [-0.25, -0.2) is 24.9 Å². The molecule has 2 aromatic heterocycles. The van der Waals surface area contributed by atoms with Crippen LogP contribution in [0.3, 0.4) is 0 Å². The van der Waals surface area contributed by atoms with E-state index in [4.69, 9.17) is 9.97 Å². The average molecular weight is 418 g/mol. The van der Waals surface area contributed by atoms with Gasteiger partial charge in [-0.05, 0) is 26.0 Å². The third kappa shape index (κ3) is 4.57. The summed E-state index contributed by atoms with van der Waals surface area (Å²) in [5.74, 6) is 2.38. The number of hydrogen-bond donors (Lipinski definition) is 0. The number of nitrogens with zero attached hydrogens (tertiary/aromatic N) is 5. The van der Waals surface area contributed by atoms with Crippen molar-refractivity contribution in [2.45, 2.75) is 13.8 Å². The lowest BCUT2D eigenvalue weighted by Gasteiger charge is -2.10. The zero-order chi connectivity index (χ0) is 22.5. The number of aromatic nitrogens is 5. The quantitative estimate of drug-likeness (QED) is 0.358. The van der Waals surface area contributed by atoms with Crippen LogP contribution in [0.15, 0.2) is 92.0 Å². The Kier molecular flexibility index (Phi) is 6.08. The van der Waals surface area contributed by atoms with Crippen LogP contribution in [0.1, 0.15) is 17.2 Å². The Morgan fingerprint density at radius 2 is 1.22 bits per heavy atom. The summed E-state index contributed by atoms with van der Waals surface area (Å²) in [6, 6.07) is 19.7. The number of benzene rings is 2. The number of aryl methyl sites for hydroxylation is 2. The van der Waals surface area contributed by atoms with Crippen molar-refractivity contribution in [3.63, 3.8) is 0 Å². The lowest BCUT2D eigenvalue weighted by atomic mass is 10.1. The van der Waals surface area contributed by atoms with Gasteiger partial charge < -0.3 is 0 Å². The molecule has 0 N–H and O–H groups in total. The van der Waals surface area contributed by atoms with Crippen LogP contribution in [0.2, 0.25) is 0 Å². The standard InChI is InChI=1S/C27H23N5/c1-5-11-20(6-2)24-30-25(21-12-8-7-9-13-21)32-27(31-24)23-15-10-14-22(17-23)26-28-18(3)16-19(4)29-26/h5-17H,1-2H2,3-4H3/b20-11+. The van der Waals surface area contributed by atoms with Crippen LogP contribution in [0.4, 0.5) is 0 Å². The largest absolute Gasteiger partial charge is 0.233 e. The lowest BCUT2D eigenvalue weighted by molar-refractivity contribution is 1.04. The zero-order valence-corrected chi connectivity index (χ0v) is 18.2. The summed E-state index contributed by atoms with van der Waals surface area (Å²) >= 11 is 0. The SMILES string of the molecule is C=C/C=C(\C=C)c1nc(-c2ccccc2)nc(-c2cccc(-c3nc(C)cc(C)n3)c2)n1. The van der Waals surface area contributed by atoms with Crippen molar-refractivity contribution >= 4 is 5.57 Å². The highest BCUT2D eigenvalue weighted by molar-refractivity contribution is 5.74. The third-order valence-electron chi connectivity index (χ3n) is 4.80. The highest BCUT2D eigenvalue weighted by Gasteiger charge is 2.13. The summed E-state index contributed by atoms with van der Waals surface area (Å²) in [6.07, 6.45) is 5.25. The van der Waals surface area contributed by atoms with E-state index in [1.165, 1.54) is 0 Å². The van der Waals surface area contributed by atoms with Crippen LogP contribution in [-0.4, -0.2) is 24.9 Å². The molecule has 0 saturated heterocycles. The molecule has 2 aromatic carbocycles. The first-order valence-electron chi connectivity index (χ1n) is 10.3. The van der Waals surface area contributed by atoms with E-state index in [2.05, 4.69) is 28.1 Å². The molecule has 0 bridgehead atoms. The van der Waals surface area contributed by atoms with E-state index in [9.17, 15) is 0 Å². The molecule has 4 aromatic rings. The van der Waals surface area contributed by atoms with E-state index in [-0.39, 0.29) is 0 Å². The summed E-state index contributed by atoms with van der Waals surface area (Å²) in [5.41, 5.74) is 5.30. The van der Waals surface area contributed by atoms with Crippen molar-refractivity contribution in [2.24, 2.45) is 0 Å². The van der Waals surface area contributed by atoms with Gasteiger partial charge >= 0.3 is 0 Å². The van der Waals surface area contributed by atoms with Gasteiger partial charge in [0.25, 0.3) is 0 Å². The van der Waals surface area contributed by atoms with Gasteiger partial charge in [0.15, 0.2) is 23.3 Å². The molecule has 0 aliphatic rings. The van der Waals surface area contributed by atoms with Crippen molar-refractivity contribution in [3.05, 3.63) is 109 Å². The third-order valence-corrected chi connectivity index (χ3v) is 4.80. The fourth-order valence-corrected chi connectivity index (χ4v) is 3.36. The average Bonchev–Trinajstić information content (AvgIpc) is 2.82. The molecule has 2 heterocycles. The second-order valence-corrected chi connectivity index (χ2v) is 7.29. The van der Waals surface area contributed by atoms with Gasteiger partial charge in [0, 0.05) is 33.7 Å². The van der Waals surface area contributed by atoms with Gasteiger partial charge in [0.05, 0.1) is 0 Å². The van der Waals surface area contributed by atoms with E-state index in [1.807, 2.05) is 80.6 Å². The van der Waals surface area contributed by atoms with Gasteiger partial charge in [-0.3, -0.25) is 0 Å². The second-order valence-electron chi connectivity index (χ2n) is 7.29. The molecule has 0 aliphatic heterocycles. The molecule has 5 nitrogen and oxygen atoms in total. The van der Waals surface area contributed by atoms with E-state index >= 15 is 0 Å². The van der Waals surface area contributed by atoms with Crippen LogP contribution >= 0.6 is 0 Å². The maximum atomic E-state index is 4.77. The summed E-state index contributed by atoms with van der Waals surface area (Å²) in [6.45, 7) is 11.6. The molecular weight excluding hydrogens is 394 g/mol. The van der Waals surface area contributed by atoms with E-state index in [1.54, 1.807) is 12.2 Å². The molecule has 32 heavy (non-hydrogen) atoms. The topological polar surface area (TPSA) is 64.5 Å². The lowest BCUT2D eigenvalue weighted by Crippen LogP contribution is -2.02. The van der Waals surface area contributed by atoms with Crippen LogP contribution in [0.5, 0.6) is 0 Å². The Hall–Kier alpha value is -4.25. The monoisotopic (exact) mass is 417 g/mol. The second kappa shape index (κ2) is 9.27. The molecule has 0 atom stereocenters. The summed E-state index contributed by atoms with van der Waals surface area (Å²) in [7, 11) is 0. The Morgan fingerprint density at radius 3 is 1.81 bits per heavy atom. The van der Waals surface area contributed by atoms with E-state index < -0.39 is 0 Å². The number of allylic oxidation sites excluding steroid dienone is 4. The smallest absolute Gasteiger partial charge is 0.164 e. The van der Waals surface area contributed by atoms with Crippen molar-refractivity contribution in [1.82, 2.24) is 24.9 Å². The van der Waals surface area contributed by atoms with E-state index in [0.29, 0.717) is 23.3 Å². The Morgan fingerprint density at radius 1 is 0.656 bits per heavy atom. The maximum Gasteiger partial charge on any atom is 0.164 e.